The van der Waals surface area contributed by atoms with Gasteiger partial charge in [-0.1, -0.05) is 12.1 Å². The van der Waals surface area contributed by atoms with Crippen LogP contribution in [-0.4, -0.2) is 19.2 Å². The normalized spacial score (nSPS) is 16.9. The van der Waals surface area contributed by atoms with Crippen molar-refractivity contribution in [2.75, 3.05) is 13.1 Å². The largest absolute Gasteiger partial charge is 0.373 e. The predicted octanol–water partition coefficient (Wildman–Crippen LogP) is 1.83. The summed E-state index contributed by atoms with van der Waals surface area (Å²) in [5, 5.41) is 12.1. The molecule has 2 rings (SSSR count). The van der Waals surface area contributed by atoms with Crippen LogP contribution in [-0.2, 0) is 11.3 Å². The van der Waals surface area contributed by atoms with Crippen LogP contribution >= 0.6 is 0 Å². The molecule has 0 aliphatic carbocycles. The Morgan fingerprint density at radius 2 is 2.19 bits per heavy atom. The van der Waals surface area contributed by atoms with E-state index in [1.807, 2.05) is 24.3 Å². The number of nitrogens with zero attached hydrogens (tertiary/aromatic N) is 1. The van der Waals surface area contributed by atoms with E-state index >= 15 is 0 Å². The van der Waals surface area contributed by atoms with Gasteiger partial charge in [0.25, 0.3) is 0 Å². The summed E-state index contributed by atoms with van der Waals surface area (Å²) in [6.07, 6.45) is 2.53. The van der Waals surface area contributed by atoms with Crippen molar-refractivity contribution in [2.24, 2.45) is 0 Å². The first-order valence-corrected chi connectivity index (χ1v) is 5.70. The van der Waals surface area contributed by atoms with E-state index in [0.717, 1.165) is 31.5 Å². The highest BCUT2D eigenvalue weighted by Crippen LogP contribution is 2.12. The Balaban J connectivity index is 1.86. The van der Waals surface area contributed by atoms with Gasteiger partial charge in [-0.15, -0.1) is 0 Å². The van der Waals surface area contributed by atoms with Gasteiger partial charge < -0.3 is 10.1 Å². The number of benzene rings is 1. The second kappa shape index (κ2) is 5.64. The van der Waals surface area contributed by atoms with Crippen LogP contribution in [0.1, 0.15) is 24.0 Å². The second-order valence-corrected chi connectivity index (χ2v) is 4.07. The minimum absolute atomic E-state index is 0.368. The summed E-state index contributed by atoms with van der Waals surface area (Å²) < 4.78 is 5.82. The molecule has 0 unspecified atom stereocenters. The smallest absolute Gasteiger partial charge is 0.0991 e. The van der Waals surface area contributed by atoms with Gasteiger partial charge >= 0.3 is 0 Å². The molecule has 1 aliphatic rings. The Hall–Kier alpha value is -1.37. The molecule has 1 aromatic rings. The van der Waals surface area contributed by atoms with Gasteiger partial charge in [0.1, 0.15) is 0 Å². The average molecular weight is 216 g/mol. The molecule has 0 bridgehead atoms. The van der Waals surface area contributed by atoms with Crippen molar-refractivity contribution in [3.05, 3.63) is 35.4 Å². The van der Waals surface area contributed by atoms with Crippen molar-refractivity contribution in [1.29, 1.82) is 5.26 Å². The third kappa shape index (κ3) is 3.06. The van der Waals surface area contributed by atoms with Crippen LogP contribution in [0.4, 0.5) is 0 Å². The fourth-order valence-corrected chi connectivity index (χ4v) is 1.91. The van der Waals surface area contributed by atoms with Crippen molar-refractivity contribution in [2.45, 2.75) is 25.6 Å². The van der Waals surface area contributed by atoms with Gasteiger partial charge in [-0.2, -0.15) is 5.26 Å². The highest BCUT2D eigenvalue weighted by atomic mass is 16.5. The molecule has 3 heteroatoms. The number of nitriles is 1. The summed E-state index contributed by atoms with van der Waals surface area (Å²) in [5.74, 6) is 0. The second-order valence-electron chi connectivity index (χ2n) is 4.07. The third-order valence-corrected chi connectivity index (χ3v) is 2.83. The van der Waals surface area contributed by atoms with E-state index in [1.165, 1.54) is 0 Å². The molecule has 1 fully saturated rings. The van der Waals surface area contributed by atoms with E-state index in [4.69, 9.17) is 10.00 Å². The van der Waals surface area contributed by atoms with Gasteiger partial charge in [0, 0.05) is 0 Å². The molecule has 0 aromatic heterocycles. The van der Waals surface area contributed by atoms with Crippen LogP contribution in [0.15, 0.2) is 24.3 Å². The number of hydrogen-bond acceptors (Lipinski definition) is 3. The summed E-state index contributed by atoms with van der Waals surface area (Å²) in [5.41, 5.74) is 1.78. The molecule has 0 radical (unpaired) electrons. The summed E-state index contributed by atoms with van der Waals surface area (Å²) in [6, 6.07) is 9.75. The SMILES string of the molecule is N#Cc1cccc(COC2CCNCC2)c1. The lowest BCUT2D eigenvalue weighted by atomic mass is 10.1. The molecule has 0 saturated carbocycles. The lowest BCUT2D eigenvalue weighted by Crippen LogP contribution is -2.32. The molecule has 1 N–H and O–H groups in total. The van der Waals surface area contributed by atoms with Gasteiger partial charge in [-0.05, 0) is 43.6 Å². The van der Waals surface area contributed by atoms with E-state index in [0.29, 0.717) is 18.3 Å². The van der Waals surface area contributed by atoms with Gasteiger partial charge in [-0.3, -0.25) is 0 Å². The first-order chi connectivity index (χ1) is 7.88. The number of rotatable bonds is 3. The molecule has 1 aliphatic heterocycles. The van der Waals surface area contributed by atoms with Crippen molar-refractivity contribution in [3.8, 4) is 6.07 Å². The van der Waals surface area contributed by atoms with Gasteiger partial charge in [0.2, 0.25) is 0 Å². The van der Waals surface area contributed by atoms with E-state index in [9.17, 15) is 0 Å². The molecule has 16 heavy (non-hydrogen) atoms. The van der Waals surface area contributed by atoms with E-state index in [1.54, 1.807) is 0 Å². The van der Waals surface area contributed by atoms with Gasteiger partial charge in [0.05, 0.1) is 24.3 Å². The molecular formula is C13H16N2O. The van der Waals surface area contributed by atoms with Crippen molar-refractivity contribution >= 4 is 0 Å². The summed E-state index contributed by atoms with van der Waals surface area (Å²) in [4.78, 5) is 0. The van der Waals surface area contributed by atoms with E-state index in [-0.39, 0.29) is 0 Å². The van der Waals surface area contributed by atoms with Crippen LogP contribution in [0.3, 0.4) is 0 Å². The Bertz CT molecular complexity index is 378. The maximum Gasteiger partial charge on any atom is 0.0991 e. The molecule has 1 heterocycles. The van der Waals surface area contributed by atoms with E-state index in [2.05, 4.69) is 11.4 Å². The Morgan fingerprint density at radius 1 is 1.38 bits per heavy atom. The third-order valence-electron chi connectivity index (χ3n) is 2.83. The fraction of sp³-hybridized carbons (Fsp3) is 0.462. The average Bonchev–Trinajstić information content (AvgIpc) is 2.38. The standard InChI is InChI=1S/C13H16N2O/c14-9-11-2-1-3-12(8-11)10-16-13-4-6-15-7-5-13/h1-3,8,13,15H,4-7,10H2. The first kappa shape index (κ1) is 11.1. The number of nitrogens with one attached hydrogen (secondary N) is 1. The molecule has 1 saturated heterocycles. The first-order valence-electron chi connectivity index (χ1n) is 5.70. The maximum atomic E-state index is 8.78. The van der Waals surface area contributed by atoms with Crippen LogP contribution in [0.2, 0.25) is 0 Å². The number of ether oxygens (including phenoxy) is 1. The Kier molecular flexibility index (Phi) is 3.92. The molecule has 0 atom stereocenters. The Morgan fingerprint density at radius 3 is 2.94 bits per heavy atom. The maximum absolute atomic E-state index is 8.78. The number of piperidine rings is 1. The summed E-state index contributed by atoms with van der Waals surface area (Å²) >= 11 is 0. The zero-order chi connectivity index (χ0) is 11.2. The molecule has 0 spiro atoms. The zero-order valence-corrected chi connectivity index (χ0v) is 9.28. The summed E-state index contributed by atoms with van der Waals surface area (Å²) in [6.45, 7) is 2.70. The molecular weight excluding hydrogens is 200 g/mol. The van der Waals surface area contributed by atoms with Crippen molar-refractivity contribution < 1.29 is 4.74 Å². The zero-order valence-electron chi connectivity index (χ0n) is 9.28. The molecule has 84 valence electrons. The topological polar surface area (TPSA) is 45.0 Å². The highest BCUT2D eigenvalue weighted by Gasteiger charge is 2.12. The summed E-state index contributed by atoms with van der Waals surface area (Å²) in [7, 11) is 0. The van der Waals surface area contributed by atoms with E-state index < -0.39 is 0 Å². The van der Waals surface area contributed by atoms with Gasteiger partial charge in [0.15, 0.2) is 0 Å². The fourth-order valence-electron chi connectivity index (χ4n) is 1.91. The highest BCUT2D eigenvalue weighted by molar-refractivity contribution is 5.32. The monoisotopic (exact) mass is 216 g/mol. The minimum Gasteiger partial charge on any atom is -0.373 e. The lowest BCUT2D eigenvalue weighted by molar-refractivity contribution is 0.0212. The lowest BCUT2D eigenvalue weighted by Gasteiger charge is -2.22. The van der Waals surface area contributed by atoms with Crippen LogP contribution in [0, 0.1) is 11.3 Å². The van der Waals surface area contributed by atoms with Crippen LogP contribution in [0.25, 0.3) is 0 Å². The van der Waals surface area contributed by atoms with Crippen molar-refractivity contribution in [1.82, 2.24) is 5.32 Å². The van der Waals surface area contributed by atoms with Crippen molar-refractivity contribution in [3.63, 3.8) is 0 Å². The van der Waals surface area contributed by atoms with Crippen LogP contribution < -0.4 is 5.32 Å². The molecule has 3 nitrogen and oxygen atoms in total. The molecule has 0 amide bonds. The molecule has 1 aromatic carbocycles. The van der Waals surface area contributed by atoms with Gasteiger partial charge in [-0.25, -0.2) is 0 Å². The minimum atomic E-state index is 0.368. The van der Waals surface area contributed by atoms with Crippen LogP contribution in [0.5, 0.6) is 0 Å². The quantitative estimate of drug-likeness (QED) is 0.838. The Labute approximate surface area is 96.0 Å². The predicted molar refractivity (Wildman–Crippen MR) is 61.8 cm³/mol. The number of hydrogen-bond donors (Lipinski definition) is 1.